The number of ether oxygens (including phenoxy) is 2. The fourth-order valence-corrected chi connectivity index (χ4v) is 3.02. The molecule has 26 heavy (non-hydrogen) atoms. The first-order valence-electron chi connectivity index (χ1n) is 8.77. The minimum Gasteiger partial charge on any atom is -0.497 e. The molecule has 1 aromatic carbocycles. The normalized spacial score (nSPS) is 14.9. The first kappa shape index (κ1) is 18.0. The van der Waals surface area contributed by atoms with Crippen molar-refractivity contribution >= 4 is 12.0 Å². The van der Waals surface area contributed by atoms with E-state index >= 15 is 0 Å². The van der Waals surface area contributed by atoms with E-state index in [1.54, 1.807) is 32.6 Å². The van der Waals surface area contributed by atoms with Crippen LogP contribution in [0.15, 0.2) is 48.7 Å². The highest BCUT2D eigenvalue weighted by Crippen LogP contribution is 2.34. The lowest BCUT2D eigenvalue weighted by Crippen LogP contribution is -2.34. The van der Waals surface area contributed by atoms with Crippen molar-refractivity contribution in [1.82, 2.24) is 9.88 Å². The van der Waals surface area contributed by atoms with E-state index in [-0.39, 0.29) is 18.0 Å². The van der Waals surface area contributed by atoms with E-state index in [2.05, 4.69) is 4.98 Å². The molecule has 1 aliphatic rings. The van der Waals surface area contributed by atoms with Crippen LogP contribution in [0.2, 0.25) is 0 Å². The number of nitrogens with zero attached hydrogens (tertiary/aromatic N) is 2. The summed E-state index contributed by atoms with van der Waals surface area (Å²) in [4.78, 5) is 19.2. The topological polar surface area (TPSA) is 51.7 Å². The Bertz CT molecular complexity index is 785. The van der Waals surface area contributed by atoms with Crippen molar-refractivity contribution in [3.8, 4) is 11.5 Å². The Morgan fingerprint density at radius 2 is 2.04 bits per heavy atom. The number of carbonyl (C=O) groups is 1. The van der Waals surface area contributed by atoms with Crippen LogP contribution in [0.1, 0.15) is 37.1 Å². The van der Waals surface area contributed by atoms with Crippen molar-refractivity contribution in [1.29, 1.82) is 0 Å². The third-order valence-electron chi connectivity index (χ3n) is 4.57. The van der Waals surface area contributed by atoms with Crippen LogP contribution in [0.4, 0.5) is 0 Å². The molecular weight excluding hydrogens is 328 g/mol. The third-order valence-corrected chi connectivity index (χ3v) is 4.57. The Morgan fingerprint density at radius 1 is 1.23 bits per heavy atom. The maximum Gasteiger partial charge on any atom is 0.247 e. The van der Waals surface area contributed by atoms with E-state index in [0.717, 1.165) is 29.8 Å². The van der Waals surface area contributed by atoms with Crippen molar-refractivity contribution in [2.45, 2.75) is 31.8 Å². The Labute approximate surface area is 154 Å². The van der Waals surface area contributed by atoms with Gasteiger partial charge in [0.1, 0.15) is 11.5 Å². The molecular formula is C21H24N2O3. The summed E-state index contributed by atoms with van der Waals surface area (Å²) in [5.74, 6) is 1.40. The summed E-state index contributed by atoms with van der Waals surface area (Å²) in [6, 6.07) is 11.5. The van der Waals surface area contributed by atoms with E-state index in [1.165, 1.54) is 0 Å². The molecule has 0 saturated heterocycles. The van der Waals surface area contributed by atoms with Gasteiger partial charge in [-0.05, 0) is 56.2 Å². The fraction of sp³-hybridized carbons (Fsp3) is 0.333. The molecule has 1 saturated carbocycles. The number of pyridine rings is 1. The zero-order valence-corrected chi connectivity index (χ0v) is 15.4. The van der Waals surface area contributed by atoms with Gasteiger partial charge in [-0.1, -0.05) is 6.07 Å². The van der Waals surface area contributed by atoms with Gasteiger partial charge < -0.3 is 14.4 Å². The van der Waals surface area contributed by atoms with Gasteiger partial charge in [-0.2, -0.15) is 0 Å². The van der Waals surface area contributed by atoms with Gasteiger partial charge in [-0.3, -0.25) is 9.78 Å². The minimum absolute atomic E-state index is 0.0180. The maximum atomic E-state index is 12.9. The molecule has 1 unspecified atom stereocenters. The summed E-state index contributed by atoms with van der Waals surface area (Å²) >= 11 is 0. The summed E-state index contributed by atoms with van der Waals surface area (Å²) in [5, 5.41) is 0. The number of aromatic nitrogens is 1. The van der Waals surface area contributed by atoms with Gasteiger partial charge in [0, 0.05) is 23.9 Å². The van der Waals surface area contributed by atoms with E-state index in [4.69, 9.17) is 9.47 Å². The van der Waals surface area contributed by atoms with Crippen LogP contribution in [-0.2, 0) is 4.79 Å². The Morgan fingerprint density at radius 3 is 2.65 bits per heavy atom. The van der Waals surface area contributed by atoms with Crippen molar-refractivity contribution in [3.63, 3.8) is 0 Å². The average molecular weight is 352 g/mol. The molecule has 2 aromatic rings. The predicted octanol–water partition coefficient (Wildman–Crippen LogP) is 3.86. The molecule has 0 aliphatic heterocycles. The lowest BCUT2D eigenvalue weighted by atomic mass is 10.1. The second-order valence-electron chi connectivity index (χ2n) is 6.35. The molecule has 136 valence electrons. The number of hydrogen-bond acceptors (Lipinski definition) is 4. The molecule has 5 heteroatoms. The number of rotatable bonds is 7. The molecule has 1 aromatic heterocycles. The lowest BCUT2D eigenvalue weighted by Gasteiger charge is -2.28. The summed E-state index contributed by atoms with van der Waals surface area (Å²) in [5.41, 5.74) is 1.71. The second-order valence-corrected chi connectivity index (χ2v) is 6.35. The van der Waals surface area contributed by atoms with Crippen molar-refractivity contribution in [2.24, 2.45) is 0 Å². The van der Waals surface area contributed by atoms with E-state index < -0.39 is 0 Å². The molecule has 0 radical (unpaired) electrons. The molecule has 0 bridgehead atoms. The molecule has 5 nitrogen and oxygen atoms in total. The predicted molar refractivity (Wildman–Crippen MR) is 101 cm³/mol. The van der Waals surface area contributed by atoms with Crippen molar-refractivity contribution < 1.29 is 14.3 Å². The van der Waals surface area contributed by atoms with Gasteiger partial charge in [-0.25, -0.2) is 0 Å². The van der Waals surface area contributed by atoms with E-state index in [9.17, 15) is 4.79 Å². The van der Waals surface area contributed by atoms with Gasteiger partial charge in [0.05, 0.1) is 26.0 Å². The quantitative estimate of drug-likeness (QED) is 0.710. The van der Waals surface area contributed by atoms with E-state index in [1.807, 2.05) is 48.2 Å². The van der Waals surface area contributed by atoms with Crippen LogP contribution in [-0.4, -0.2) is 36.1 Å². The van der Waals surface area contributed by atoms with Crippen LogP contribution >= 0.6 is 0 Å². The van der Waals surface area contributed by atoms with Gasteiger partial charge >= 0.3 is 0 Å². The number of hydrogen-bond donors (Lipinski definition) is 0. The molecule has 1 heterocycles. The summed E-state index contributed by atoms with van der Waals surface area (Å²) in [7, 11) is 3.23. The summed E-state index contributed by atoms with van der Waals surface area (Å²) in [6.45, 7) is 2.03. The first-order valence-corrected chi connectivity index (χ1v) is 8.77. The zero-order chi connectivity index (χ0) is 18.5. The lowest BCUT2D eigenvalue weighted by molar-refractivity contribution is -0.128. The molecule has 0 spiro atoms. The number of methoxy groups -OCH3 is 2. The second kappa shape index (κ2) is 8.04. The average Bonchev–Trinajstić information content (AvgIpc) is 3.51. The highest BCUT2D eigenvalue weighted by molar-refractivity contribution is 5.93. The van der Waals surface area contributed by atoms with Gasteiger partial charge in [-0.15, -0.1) is 0 Å². The van der Waals surface area contributed by atoms with Crippen LogP contribution in [0.3, 0.4) is 0 Å². The van der Waals surface area contributed by atoms with Crippen molar-refractivity contribution in [3.05, 3.63) is 59.9 Å². The summed E-state index contributed by atoms with van der Waals surface area (Å²) in [6.07, 6.45) is 7.23. The van der Waals surface area contributed by atoms with Crippen LogP contribution in [0, 0.1) is 0 Å². The van der Waals surface area contributed by atoms with Crippen LogP contribution in [0.25, 0.3) is 6.08 Å². The standard InChI is InChI=1S/C21H24N2O3/c1-15(19-6-4-5-13-22-19)23(17-8-9-17)21(24)12-7-16-14-18(25-2)10-11-20(16)26-3/h4-7,10-15,17H,8-9H2,1-3H3. The first-order chi connectivity index (χ1) is 12.6. The van der Waals surface area contributed by atoms with E-state index in [0.29, 0.717) is 5.75 Å². The number of carbonyl (C=O) groups excluding carboxylic acids is 1. The molecule has 1 amide bonds. The zero-order valence-electron chi connectivity index (χ0n) is 15.4. The van der Waals surface area contributed by atoms with Crippen LogP contribution < -0.4 is 9.47 Å². The Hall–Kier alpha value is -2.82. The van der Waals surface area contributed by atoms with Crippen molar-refractivity contribution in [2.75, 3.05) is 14.2 Å². The Balaban J connectivity index is 1.82. The van der Waals surface area contributed by atoms with Crippen LogP contribution in [0.5, 0.6) is 11.5 Å². The summed E-state index contributed by atoms with van der Waals surface area (Å²) < 4.78 is 10.6. The monoisotopic (exact) mass is 352 g/mol. The smallest absolute Gasteiger partial charge is 0.247 e. The number of benzene rings is 1. The fourth-order valence-electron chi connectivity index (χ4n) is 3.02. The number of amides is 1. The molecule has 3 rings (SSSR count). The highest BCUT2D eigenvalue weighted by Gasteiger charge is 2.35. The SMILES string of the molecule is COc1ccc(OC)c(C=CC(=O)N(C2CC2)C(C)c2ccccn2)c1. The Kier molecular flexibility index (Phi) is 5.56. The van der Waals surface area contributed by atoms with Gasteiger partial charge in [0.15, 0.2) is 0 Å². The molecule has 1 aliphatic carbocycles. The highest BCUT2D eigenvalue weighted by atomic mass is 16.5. The molecule has 1 fully saturated rings. The maximum absolute atomic E-state index is 12.9. The minimum atomic E-state index is -0.0620. The van der Waals surface area contributed by atoms with Gasteiger partial charge in [0.2, 0.25) is 5.91 Å². The largest absolute Gasteiger partial charge is 0.497 e. The third kappa shape index (κ3) is 4.04. The molecule has 0 N–H and O–H groups in total. The molecule has 1 atom stereocenters. The van der Waals surface area contributed by atoms with Gasteiger partial charge in [0.25, 0.3) is 0 Å².